The van der Waals surface area contributed by atoms with Crippen molar-refractivity contribution in [1.29, 1.82) is 0 Å². The molecule has 0 radical (unpaired) electrons. The topological polar surface area (TPSA) is 12.5 Å². The Morgan fingerprint density at radius 2 is 1.65 bits per heavy atom. The number of halogens is 1. The van der Waals surface area contributed by atoms with Crippen molar-refractivity contribution in [2.24, 2.45) is 0 Å². The Labute approximate surface area is 126 Å². The normalized spacial score (nSPS) is 13.7. The number of hydrogen-bond acceptors (Lipinski definition) is 2. The van der Waals surface area contributed by atoms with Crippen LogP contribution in [0.5, 0.6) is 0 Å². The maximum atomic E-state index is 12.8. The molecule has 0 amide bonds. The molecule has 2 nitrogen and oxygen atoms in total. The summed E-state index contributed by atoms with van der Waals surface area (Å²) in [5.74, 6) is -0.239. The molecule has 2 atom stereocenters. The highest BCUT2D eigenvalue weighted by Gasteiger charge is 2.21. The molecule has 4 heteroatoms. The second-order valence-corrected chi connectivity index (χ2v) is 5.45. The lowest BCUT2D eigenvalue weighted by Gasteiger charge is -2.35. The van der Waals surface area contributed by atoms with Gasteiger partial charge in [-0.15, -0.1) is 0 Å². The minimum absolute atomic E-state index is 0.239. The minimum Gasteiger partial charge on any atom is -0.466 e. The SMILES string of the molecule is CCC(C)N(C(=S)OCc1ccc(F)cc1)C(C)CC. The van der Waals surface area contributed by atoms with Gasteiger partial charge in [-0.25, -0.2) is 4.39 Å². The largest absolute Gasteiger partial charge is 0.466 e. The van der Waals surface area contributed by atoms with Crippen LogP contribution in [-0.4, -0.2) is 22.2 Å². The lowest BCUT2D eigenvalue weighted by atomic mass is 10.1. The Bertz CT molecular complexity index is 411. The summed E-state index contributed by atoms with van der Waals surface area (Å²) in [7, 11) is 0. The summed E-state index contributed by atoms with van der Waals surface area (Å²) in [6.45, 7) is 8.97. The molecule has 2 unspecified atom stereocenters. The van der Waals surface area contributed by atoms with Gasteiger partial charge in [0.2, 0.25) is 0 Å². The minimum atomic E-state index is -0.239. The summed E-state index contributed by atoms with van der Waals surface area (Å²) >= 11 is 5.42. The van der Waals surface area contributed by atoms with Crippen molar-refractivity contribution in [2.75, 3.05) is 0 Å². The Hall–Kier alpha value is -1.16. The van der Waals surface area contributed by atoms with E-state index in [1.54, 1.807) is 12.1 Å². The Morgan fingerprint density at radius 1 is 1.15 bits per heavy atom. The number of rotatable bonds is 6. The van der Waals surface area contributed by atoms with Crippen molar-refractivity contribution < 1.29 is 9.13 Å². The zero-order valence-electron chi connectivity index (χ0n) is 12.7. The Kier molecular flexibility index (Phi) is 6.93. The van der Waals surface area contributed by atoms with Crippen LogP contribution in [0.4, 0.5) is 4.39 Å². The molecule has 0 saturated carbocycles. The summed E-state index contributed by atoms with van der Waals surface area (Å²) in [5, 5.41) is 0.526. The second kappa shape index (κ2) is 8.20. The van der Waals surface area contributed by atoms with E-state index in [1.807, 2.05) is 0 Å². The van der Waals surface area contributed by atoms with Crippen LogP contribution in [0.1, 0.15) is 46.1 Å². The van der Waals surface area contributed by atoms with E-state index in [0.29, 0.717) is 23.9 Å². The van der Waals surface area contributed by atoms with E-state index in [4.69, 9.17) is 17.0 Å². The number of benzene rings is 1. The number of nitrogens with zero attached hydrogens (tertiary/aromatic N) is 1. The van der Waals surface area contributed by atoms with Gasteiger partial charge in [-0.1, -0.05) is 26.0 Å². The third-order valence-corrected chi connectivity index (χ3v) is 3.95. The Morgan fingerprint density at radius 3 is 2.10 bits per heavy atom. The van der Waals surface area contributed by atoms with Crippen LogP contribution in [0.25, 0.3) is 0 Å². The quantitative estimate of drug-likeness (QED) is 0.716. The average molecular weight is 297 g/mol. The zero-order chi connectivity index (χ0) is 15.1. The van der Waals surface area contributed by atoms with Crippen LogP contribution >= 0.6 is 12.2 Å². The highest BCUT2D eigenvalue weighted by Crippen LogP contribution is 2.15. The predicted octanol–water partition coefficient (Wildman–Crippen LogP) is 4.53. The smallest absolute Gasteiger partial charge is 0.260 e. The summed E-state index contributed by atoms with van der Waals surface area (Å²) in [4.78, 5) is 2.15. The fourth-order valence-electron chi connectivity index (χ4n) is 1.99. The molecule has 1 aromatic carbocycles. The van der Waals surface area contributed by atoms with Crippen LogP contribution in [0.2, 0.25) is 0 Å². The molecule has 112 valence electrons. The molecular formula is C16H24FNOS. The van der Waals surface area contributed by atoms with Crippen molar-refractivity contribution >= 4 is 17.4 Å². The first-order chi connectivity index (χ1) is 9.49. The molecule has 0 fully saturated rings. The predicted molar refractivity (Wildman–Crippen MR) is 85.1 cm³/mol. The van der Waals surface area contributed by atoms with E-state index in [9.17, 15) is 4.39 Å². The van der Waals surface area contributed by atoms with Crippen LogP contribution < -0.4 is 0 Å². The number of thiocarbonyl (C=S) groups is 1. The third kappa shape index (κ3) is 4.75. The van der Waals surface area contributed by atoms with Crippen LogP contribution in [0.3, 0.4) is 0 Å². The lowest BCUT2D eigenvalue weighted by molar-refractivity contribution is 0.169. The molecule has 0 saturated heterocycles. The fraction of sp³-hybridized carbons (Fsp3) is 0.562. The van der Waals surface area contributed by atoms with E-state index in [0.717, 1.165) is 18.4 Å². The monoisotopic (exact) mass is 297 g/mol. The van der Waals surface area contributed by atoms with Gasteiger partial charge in [-0.2, -0.15) is 0 Å². The summed E-state index contributed by atoms with van der Waals surface area (Å²) in [6, 6.07) is 7.01. The van der Waals surface area contributed by atoms with Crippen molar-refractivity contribution in [3.8, 4) is 0 Å². The standard InChI is InChI=1S/C16H24FNOS/c1-5-12(3)18(13(4)6-2)16(20)19-11-14-7-9-15(17)10-8-14/h7-10,12-13H,5-6,11H2,1-4H3. The molecule has 20 heavy (non-hydrogen) atoms. The Balaban J connectivity index is 2.64. The van der Waals surface area contributed by atoms with Crippen LogP contribution in [0, 0.1) is 5.82 Å². The van der Waals surface area contributed by atoms with Gasteiger partial charge in [0.1, 0.15) is 12.4 Å². The van der Waals surface area contributed by atoms with E-state index >= 15 is 0 Å². The lowest BCUT2D eigenvalue weighted by Crippen LogP contribution is -2.44. The molecule has 0 N–H and O–H groups in total. The van der Waals surface area contributed by atoms with Gasteiger partial charge in [0.25, 0.3) is 5.17 Å². The van der Waals surface area contributed by atoms with Gasteiger partial charge >= 0.3 is 0 Å². The average Bonchev–Trinajstić information content (AvgIpc) is 2.46. The molecule has 1 aromatic rings. The van der Waals surface area contributed by atoms with Crippen molar-refractivity contribution in [2.45, 2.75) is 59.2 Å². The van der Waals surface area contributed by atoms with E-state index in [1.165, 1.54) is 12.1 Å². The molecule has 0 aliphatic rings. The maximum Gasteiger partial charge on any atom is 0.260 e. The van der Waals surface area contributed by atoms with E-state index in [-0.39, 0.29) is 5.82 Å². The van der Waals surface area contributed by atoms with Gasteiger partial charge in [-0.3, -0.25) is 0 Å². The van der Waals surface area contributed by atoms with Gasteiger partial charge in [0.15, 0.2) is 0 Å². The fourth-order valence-corrected chi connectivity index (χ4v) is 2.41. The molecule has 1 rings (SSSR count). The molecule has 0 aromatic heterocycles. The van der Waals surface area contributed by atoms with E-state index < -0.39 is 0 Å². The molecular weight excluding hydrogens is 273 g/mol. The summed E-state index contributed by atoms with van der Waals surface area (Å²) < 4.78 is 18.6. The van der Waals surface area contributed by atoms with Crippen molar-refractivity contribution in [1.82, 2.24) is 4.90 Å². The molecule has 0 spiro atoms. The van der Waals surface area contributed by atoms with Crippen LogP contribution in [0.15, 0.2) is 24.3 Å². The molecule has 0 aliphatic carbocycles. The van der Waals surface area contributed by atoms with Crippen molar-refractivity contribution in [3.05, 3.63) is 35.6 Å². The van der Waals surface area contributed by atoms with Gasteiger partial charge in [0, 0.05) is 12.1 Å². The first-order valence-electron chi connectivity index (χ1n) is 7.19. The molecule has 0 aliphatic heterocycles. The first kappa shape index (κ1) is 16.9. The van der Waals surface area contributed by atoms with Gasteiger partial charge in [0.05, 0.1) is 0 Å². The number of ether oxygens (including phenoxy) is 1. The second-order valence-electron chi connectivity index (χ2n) is 5.10. The first-order valence-corrected chi connectivity index (χ1v) is 7.59. The summed E-state index contributed by atoms with van der Waals surface area (Å²) in [6.07, 6.45) is 2.04. The van der Waals surface area contributed by atoms with E-state index in [2.05, 4.69) is 32.6 Å². The highest BCUT2D eigenvalue weighted by atomic mass is 32.1. The third-order valence-electron chi connectivity index (χ3n) is 3.62. The zero-order valence-corrected chi connectivity index (χ0v) is 13.5. The summed E-state index contributed by atoms with van der Waals surface area (Å²) in [5.41, 5.74) is 0.919. The van der Waals surface area contributed by atoms with Crippen LogP contribution in [-0.2, 0) is 11.3 Å². The maximum absolute atomic E-state index is 12.8. The van der Waals surface area contributed by atoms with Gasteiger partial charge in [-0.05, 0) is 56.6 Å². The molecule has 0 bridgehead atoms. The number of hydrogen-bond donors (Lipinski definition) is 0. The van der Waals surface area contributed by atoms with Gasteiger partial charge < -0.3 is 9.64 Å². The van der Waals surface area contributed by atoms with Crippen molar-refractivity contribution in [3.63, 3.8) is 0 Å². The highest BCUT2D eigenvalue weighted by molar-refractivity contribution is 7.80. The molecule has 0 heterocycles.